The van der Waals surface area contributed by atoms with E-state index in [-0.39, 0.29) is 0 Å². The number of hydrogen-bond acceptors (Lipinski definition) is 0. The van der Waals surface area contributed by atoms with Crippen LogP contribution in [0.4, 0.5) is 0 Å². The fraction of sp³-hybridized carbons (Fsp3) is 0. The van der Waals surface area contributed by atoms with Crippen molar-refractivity contribution < 1.29 is 0 Å². The highest BCUT2D eigenvalue weighted by molar-refractivity contribution is 6.22. The highest BCUT2D eigenvalue weighted by Crippen LogP contribution is 2.46. The van der Waals surface area contributed by atoms with Crippen molar-refractivity contribution in [3.63, 3.8) is 0 Å². The first-order chi connectivity index (χ1) is 28.8. The standard InChI is InChI=1S/C58H38/c1-4-16-39(17-5-1)46-36-47(40-18-6-2-7-19-40)38-48(37-46)58-55-24-12-10-22-53(55)57(54-23-11-13-25-56(54)58)45-33-31-42-34-44(32-30-43(42)35-45)50-27-15-28-51-49(26-14-29-52(50)51)41-20-8-3-9-21-41/h1-38H. The average Bonchev–Trinajstić information content (AvgIpc) is 3.30. The van der Waals surface area contributed by atoms with Gasteiger partial charge in [-0.25, -0.2) is 0 Å². The van der Waals surface area contributed by atoms with Crippen LogP contribution in [-0.4, -0.2) is 0 Å². The minimum absolute atomic E-state index is 1.21. The molecule has 11 aromatic carbocycles. The van der Waals surface area contributed by atoms with Crippen molar-refractivity contribution >= 4 is 43.1 Å². The average molecular weight is 735 g/mol. The normalized spacial score (nSPS) is 11.4. The van der Waals surface area contributed by atoms with E-state index in [2.05, 4.69) is 231 Å². The molecule has 0 unspecified atom stereocenters. The van der Waals surface area contributed by atoms with Crippen LogP contribution in [0.5, 0.6) is 0 Å². The Hall–Kier alpha value is -7.54. The maximum atomic E-state index is 2.38. The topological polar surface area (TPSA) is 0 Å². The zero-order valence-corrected chi connectivity index (χ0v) is 31.9. The second-order valence-corrected chi connectivity index (χ2v) is 15.2. The smallest absolute Gasteiger partial charge is 0.00259 e. The first kappa shape index (κ1) is 33.8. The van der Waals surface area contributed by atoms with Crippen LogP contribution in [0.25, 0.3) is 110 Å². The molecule has 0 aliphatic rings. The monoisotopic (exact) mass is 734 g/mol. The van der Waals surface area contributed by atoms with Crippen LogP contribution >= 0.6 is 0 Å². The molecule has 11 rings (SSSR count). The van der Waals surface area contributed by atoms with Crippen LogP contribution in [-0.2, 0) is 0 Å². The van der Waals surface area contributed by atoms with E-state index in [1.807, 2.05) is 0 Å². The minimum atomic E-state index is 1.21. The van der Waals surface area contributed by atoms with Gasteiger partial charge in [0.25, 0.3) is 0 Å². The maximum Gasteiger partial charge on any atom is -0.00259 e. The highest BCUT2D eigenvalue weighted by Gasteiger charge is 2.19. The minimum Gasteiger partial charge on any atom is -0.0622 e. The molecule has 0 aromatic heterocycles. The van der Waals surface area contributed by atoms with Crippen molar-refractivity contribution in [3.05, 3.63) is 231 Å². The summed E-state index contributed by atoms with van der Waals surface area (Å²) in [5.74, 6) is 0. The van der Waals surface area contributed by atoms with Gasteiger partial charge in [-0.2, -0.15) is 0 Å². The Balaban J connectivity index is 1.07. The molecule has 0 fully saturated rings. The Kier molecular flexibility index (Phi) is 8.26. The van der Waals surface area contributed by atoms with Crippen LogP contribution in [0.1, 0.15) is 0 Å². The van der Waals surface area contributed by atoms with Crippen molar-refractivity contribution in [2.45, 2.75) is 0 Å². The molecule has 0 bridgehead atoms. The Morgan fingerprint density at radius 1 is 0.172 bits per heavy atom. The predicted molar refractivity (Wildman–Crippen MR) is 249 cm³/mol. The lowest BCUT2D eigenvalue weighted by atomic mass is 9.84. The first-order valence-electron chi connectivity index (χ1n) is 20.1. The number of rotatable bonds is 6. The number of fused-ring (bicyclic) bond motifs is 4. The summed E-state index contributed by atoms with van der Waals surface area (Å²) < 4.78 is 0. The van der Waals surface area contributed by atoms with Crippen LogP contribution in [0.15, 0.2) is 231 Å². The third-order valence-electron chi connectivity index (χ3n) is 11.8. The van der Waals surface area contributed by atoms with Crippen molar-refractivity contribution in [3.8, 4) is 66.8 Å². The van der Waals surface area contributed by atoms with Crippen molar-refractivity contribution in [2.75, 3.05) is 0 Å². The first-order valence-corrected chi connectivity index (χ1v) is 20.1. The van der Waals surface area contributed by atoms with E-state index in [0.717, 1.165) is 0 Å². The van der Waals surface area contributed by atoms with Gasteiger partial charge in [0.15, 0.2) is 0 Å². The van der Waals surface area contributed by atoms with E-state index in [4.69, 9.17) is 0 Å². The van der Waals surface area contributed by atoms with Gasteiger partial charge in [0.2, 0.25) is 0 Å². The Labute approximate surface area is 339 Å². The number of benzene rings is 11. The van der Waals surface area contributed by atoms with Gasteiger partial charge in [-0.3, -0.25) is 0 Å². The van der Waals surface area contributed by atoms with Gasteiger partial charge in [-0.1, -0.05) is 200 Å². The van der Waals surface area contributed by atoms with Gasteiger partial charge >= 0.3 is 0 Å². The summed E-state index contributed by atoms with van der Waals surface area (Å²) in [4.78, 5) is 0. The van der Waals surface area contributed by atoms with Crippen LogP contribution in [0, 0.1) is 0 Å². The molecule has 0 spiro atoms. The molecular weight excluding hydrogens is 697 g/mol. The lowest BCUT2D eigenvalue weighted by Crippen LogP contribution is -1.92. The van der Waals surface area contributed by atoms with Gasteiger partial charge in [0.05, 0.1) is 0 Å². The van der Waals surface area contributed by atoms with E-state index in [1.165, 1.54) is 110 Å². The summed E-state index contributed by atoms with van der Waals surface area (Å²) in [5.41, 5.74) is 14.8. The Morgan fingerprint density at radius 2 is 0.534 bits per heavy atom. The van der Waals surface area contributed by atoms with Crippen molar-refractivity contribution in [1.82, 2.24) is 0 Å². The molecule has 0 saturated carbocycles. The summed E-state index contributed by atoms with van der Waals surface area (Å²) in [5, 5.41) is 10.0. The second-order valence-electron chi connectivity index (χ2n) is 15.2. The SMILES string of the molecule is c1ccc(-c2cc(-c3ccccc3)cc(-c3c4ccccc4c(-c4ccc5cc(-c6cccc7c(-c8ccccc8)cccc67)ccc5c4)c4ccccc34)c2)cc1. The van der Waals surface area contributed by atoms with Gasteiger partial charge in [-0.05, 0) is 140 Å². The molecule has 0 heterocycles. The molecule has 58 heavy (non-hydrogen) atoms. The maximum absolute atomic E-state index is 2.38. The molecule has 11 aromatic rings. The van der Waals surface area contributed by atoms with Crippen LogP contribution < -0.4 is 0 Å². The summed E-state index contributed by atoms with van der Waals surface area (Å²) in [6.07, 6.45) is 0. The van der Waals surface area contributed by atoms with Crippen molar-refractivity contribution in [1.29, 1.82) is 0 Å². The molecule has 0 atom stereocenters. The van der Waals surface area contributed by atoms with Crippen LogP contribution in [0.3, 0.4) is 0 Å². The molecule has 0 radical (unpaired) electrons. The van der Waals surface area contributed by atoms with E-state index < -0.39 is 0 Å². The molecule has 0 saturated heterocycles. The fourth-order valence-corrected chi connectivity index (χ4v) is 9.12. The van der Waals surface area contributed by atoms with E-state index >= 15 is 0 Å². The Bertz CT molecular complexity index is 3190. The van der Waals surface area contributed by atoms with E-state index in [9.17, 15) is 0 Å². The zero-order valence-electron chi connectivity index (χ0n) is 31.9. The quantitative estimate of drug-likeness (QED) is 0.149. The molecular formula is C58H38. The summed E-state index contributed by atoms with van der Waals surface area (Å²) in [6.45, 7) is 0. The van der Waals surface area contributed by atoms with E-state index in [0.29, 0.717) is 0 Å². The largest absolute Gasteiger partial charge is 0.0622 e. The fourth-order valence-electron chi connectivity index (χ4n) is 9.12. The predicted octanol–water partition coefficient (Wildman–Crippen LogP) is 16.3. The lowest BCUT2D eigenvalue weighted by Gasteiger charge is -2.19. The Morgan fingerprint density at radius 3 is 1.03 bits per heavy atom. The van der Waals surface area contributed by atoms with Gasteiger partial charge in [0, 0.05) is 0 Å². The third-order valence-corrected chi connectivity index (χ3v) is 11.8. The molecule has 270 valence electrons. The summed E-state index contributed by atoms with van der Waals surface area (Å²) in [7, 11) is 0. The van der Waals surface area contributed by atoms with E-state index in [1.54, 1.807) is 0 Å². The number of hydrogen-bond donors (Lipinski definition) is 0. The third kappa shape index (κ3) is 5.86. The second kappa shape index (κ2) is 14.2. The molecule has 0 aliphatic heterocycles. The molecule has 0 nitrogen and oxygen atoms in total. The summed E-state index contributed by atoms with van der Waals surface area (Å²) >= 11 is 0. The molecule has 0 amide bonds. The van der Waals surface area contributed by atoms with Crippen molar-refractivity contribution in [2.24, 2.45) is 0 Å². The molecule has 0 aliphatic carbocycles. The molecule has 0 N–H and O–H groups in total. The van der Waals surface area contributed by atoms with Crippen LogP contribution in [0.2, 0.25) is 0 Å². The highest BCUT2D eigenvalue weighted by atomic mass is 14.2. The zero-order chi connectivity index (χ0) is 38.4. The lowest BCUT2D eigenvalue weighted by molar-refractivity contribution is 1.58. The van der Waals surface area contributed by atoms with Gasteiger partial charge in [0.1, 0.15) is 0 Å². The summed E-state index contributed by atoms with van der Waals surface area (Å²) in [6, 6.07) is 84.5. The van der Waals surface area contributed by atoms with Gasteiger partial charge in [-0.15, -0.1) is 0 Å². The molecule has 0 heteroatoms. The van der Waals surface area contributed by atoms with Gasteiger partial charge < -0.3 is 0 Å².